The fourth-order valence-electron chi connectivity index (χ4n) is 3.04. The minimum atomic E-state index is -3.63. The number of hydrogen-bond acceptors (Lipinski definition) is 5. The van der Waals surface area contributed by atoms with E-state index < -0.39 is 10.0 Å². The first-order valence-electron chi connectivity index (χ1n) is 9.03. The Hall–Kier alpha value is -2.42. The molecule has 7 nitrogen and oxygen atoms in total. The van der Waals surface area contributed by atoms with Gasteiger partial charge < -0.3 is 14.8 Å². The summed E-state index contributed by atoms with van der Waals surface area (Å²) >= 11 is 0. The van der Waals surface area contributed by atoms with Gasteiger partial charge in [0.05, 0.1) is 18.1 Å². The van der Waals surface area contributed by atoms with Gasteiger partial charge in [-0.1, -0.05) is 6.07 Å². The number of hydrogen-bond donors (Lipinski definition) is 1. The molecule has 0 radical (unpaired) electrons. The lowest BCUT2D eigenvalue weighted by Gasteiger charge is -2.20. The van der Waals surface area contributed by atoms with Crippen molar-refractivity contribution in [2.24, 2.45) is 0 Å². The molecule has 1 N–H and O–H groups in total. The third-order valence-electron chi connectivity index (χ3n) is 4.64. The number of sulfonamides is 1. The molecule has 1 aliphatic heterocycles. The second-order valence-electron chi connectivity index (χ2n) is 6.63. The predicted octanol–water partition coefficient (Wildman–Crippen LogP) is 2.75. The molecule has 2 aromatic carbocycles. The monoisotopic (exact) mass is 404 g/mol. The van der Waals surface area contributed by atoms with E-state index in [0.29, 0.717) is 30.2 Å². The average Bonchev–Trinajstić information content (AvgIpc) is 3.21. The molecule has 0 aliphatic carbocycles. The number of amides is 1. The summed E-state index contributed by atoms with van der Waals surface area (Å²) in [7, 11) is -0.538. The van der Waals surface area contributed by atoms with E-state index in [2.05, 4.69) is 5.32 Å². The maximum absolute atomic E-state index is 12.7. The van der Waals surface area contributed by atoms with Crippen LogP contribution in [0.1, 0.15) is 23.2 Å². The van der Waals surface area contributed by atoms with Crippen LogP contribution in [0.3, 0.4) is 0 Å². The average molecular weight is 404 g/mol. The standard InChI is InChI=1S/C20H24N2O5S/c1-22(14-18-7-4-12-27-18)28(24,25)19-10-8-15(9-11-19)20(23)21-16-5-3-6-17(13-16)26-2/h3,5-6,8-11,13,18H,4,7,12,14H2,1-2H3,(H,21,23). The number of anilines is 1. The highest BCUT2D eigenvalue weighted by molar-refractivity contribution is 7.89. The van der Waals surface area contributed by atoms with Crippen LogP contribution < -0.4 is 10.1 Å². The molecule has 0 saturated carbocycles. The van der Waals surface area contributed by atoms with Crippen molar-refractivity contribution in [3.05, 3.63) is 54.1 Å². The molecule has 1 atom stereocenters. The molecule has 8 heteroatoms. The summed E-state index contributed by atoms with van der Waals surface area (Å²) in [5, 5.41) is 2.77. The molecule has 3 rings (SSSR count). The number of benzene rings is 2. The molecular formula is C20H24N2O5S. The van der Waals surface area contributed by atoms with Gasteiger partial charge in [0.25, 0.3) is 5.91 Å². The highest BCUT2D eigenvalue weighted by atomic mass is 32.2. The Morgan fingerprint density at radius 2 is 2.00 bits per heavy atom. The highest BCUT2D eigenvalue weighted by Gasteiger charge is 2.26. The van der Waals surface area contributed by atoms with Crippen LogP contribution >= 0.6 is 0 Å². The lowest BCUT2D eigenvalue weighted by Crippen LogP contribution is -2.34. The second-order valence-corrected chi connectivity index (χ2v) is 8.68. The van der Waals surface area contributed by atoms with Gasteiger partial charge in [-0.25, -0.2) is 8.42 Å². The van der Waals surface area contributed by atoms with Gasteiger partial charge >= 0.3 is 0 Å². The molecule has 1 aliphatic rings. The number of likely N-dealkylation sites (N-methyl/N-ethyl adjacent to an activating group) is 1. The largest absolute Gasteiger partial charge is 0.497 e. The van der Waals surface area contributed by atoms with E-state index in [1.165, 1.54) is 28.6 Å². The molecule has 1 fully saturated rings. The van der Waals surface area contributed by atoms with E-state index in [9.17, 15) is 13.2 Å². The number of nitrogens with one attached hydrogen (secondary N) is 1. The summed E-state index contributed by atoms with van der Waals surface area (Å²) in [6.07, 6.45) is 1.76. The van der Waals surface area contributed by atoms with Crippen LogP contribution in [-0.4, -0.2) is 52.0 Å². The molecule has 1 saturated heterocycles. The van der Waals surface area contributed by atoms with E-state index >= 15 is 0 Å². The highest BCUT2D eigenvalue weighted by Crippen LogP contribution is 2.21. The Bertz CT molecular complexity index is 922. The first kappa shape index (κ1) is 20.3. The summed E-state index contributed by atoms with van der Waals surface area (Å²) < 4.78 is 37.4. The van der Waals surface area contributed by atoms with Crippen LogP contribution in [0.2, 0.25) is 0 Å². The van der Waals surface area contributed by atoms with Crippen LogP contribution in [0, 0.1) is 0 Å². The van der Waals surface area contributed by atoms with E-state index in [-0.39, 0.29) is 16.9 Å². The Morgan fingerprint density at radius 1 is 1.25 bits per heavy atom. The zero-order chi connectivity index (χ0) is 20.1. The third kappa shape index (κ3) is 4.70. The normalized spacial score (nSPS) is 16.9. The summed E-state index contributed by atoms with van der Waals surface area (Å²) in [5.41, 5.74) is 0.959. The van der Waals surface area contributed by atoms with Crippen molar-refractivity contribution < 1.29 is 22.7 Å². The minimum Gasteiger partial charge on any atom is -0.497 e. The van der Waals surface area contributed by atoms with Gasteiger partial charge in [0.2, 0.25) is 10.0 Å². The zero-order valence-electron chi connectivity index (χ0n) is 15.9. The number of ether oxygens (including phenoxy) is 2. The van der Waals surface area contributed by atoms with Crippen LogP contribution in [0.4, 0.5) is 5.69 Å². The van der Waals surface area contributed by atoms with E-state index in [0.717, 1.165) is 12.8 Å². The van der Waals surface area contributed by atoms with Gasteiger partial charge in [-0.2, -0.15) is 4.31 Å². The number of rotatable bonds is 7. The molecule has 1 unspecified atom stereocenters. The zero-order valence-corrected chi connectivity index (χ0v) is 16.7. The van der Waals surface area contributed by atoms with E-state index in [1.807, 2.05) is 0 Å². The fourth-order valence-corrected chi connectivity index (χ4v) is 4.24. The van der Waals surface area contributed by atoms with Crippen LogP contribution in [-0.2, 0) is 14.8 Å². The van der Waals surface area contributed by atoms with E-state index in [4.69, 9.17) is 9.47 Å². The Balaban J connectivity index is 1.68. The number of carbonyl (C=O) groups is 1. The van der Waals surface area contributed by atoms with Gasteiger partial charge in [-0.05, 0) is 49.2 Å². The van der Waals surface area contributed by atoms with Crippen molar-refractivity contribution in [3.63, 3.8) is 0 Å². The maximum atomic E-state index is 12.7. The molecular weight excluding hydrogens is 380 g/mol. The number of nitrogens with zero attached hydrogens (tertiary/aromatic N) is 1. The Kier molecular flexibility index (Phi) is 6.33. The lowest BCUT2D eigenvalue weighted by atomic mass is 10.2. The smallest absolute Gasteiger partial charge is 0.255 e. The molecule has 150 valence electrons. The number of carbonyl (C=O) groups excluding carboxylic acids is 1. The fraction of sp³-hybridized carbons (Fsp3) is 0.350. The van der Waals surface area contributed by atoms with E-state index in [1.54, 1.807) is 38.4 Å². The molecule has 2 aromatic rings. The van der Waals surface area contributed by atoms with Crippen molar-refractivity contribution in [2.75, 3.05) is 32.6 Å². The van der Waals surface area contributed by atoms with Crippen molar-refractivity contribution in [1.82, 2.24) is 4.31 Å². The quantitative estimate of drug-likeness (QED) is 0.767. The van der Waals surface area contributed by atoms with Crippen LogP contribution in [0.15, 0.2) is 53.4 Å². The van der Waals surface area contributed by atoms with Crippen molar-refractivity contribution in [2.45, 2.75) is 23.8 Å². The summed E-state index contributed by atoms with van der Waals surface area (Å²) in [6.45, 7) is 0.996. The first-order valence-corrected chi connectivity index (χ1v) is 10.5. The van der Waals surface area contributed by atoms with Crippen LogP contribution in [0.25, 0.3) is 0 Å². The molecule has 0 bridgehead atoms. The first-order chi connectivity index (χ1) is 13.4. The maximum Gasteiger partial charge on any atom is 0.255 e. The van der Waals surface area contributed by atoms with Crippen molar-refractivity contribution in [1.29, 1.82) is 0 Å². The molecule has 1 amide bonds. The van der Waals surface area contributed by atoms with Gasteiger partial charge in [-0.3, -0.25) is 4.79 Å². The van der Waals surface area contributed by atoms with Gasteiger partial charge in [0, 0.05) is 37.5 Å². The van der Waals surface area contributed by atoms with Gasteiger partial charge in [0.15, 0.2) is 0 Å². The van der Waals surface area contributed by atoms with Crippen LogP contribution in [0.5, 0.6) is 5.75 Å². The van der Waals surface area contributed by atoms with Gasteiger partial charge in [-0.15, -0.1) is 0 Å². The Labute approximate surface area is 165 Å². The summed E-state index contributed by atoms with van der Waals surface area (Å²) in [5.74, 6) is 0.304. The minimum absolute atomic E-state index is 0.0623. The predicted molar refractivity (Wildman–Crippen MR) is 106 cm³/mol. The molecule has 0 spiro atoms. The molecule has 0 aromatic heterocycles. The molecule has 1 heterocycles. The molecule has 28 heavy (non-hydrogen) atoms. The third-order valence-corrected chi connectivity index (χ3v) is 6.47. The topological polar surface area (TPSA) is 84.9 Å². The van der Waals surface area contributed by atoms with Crippen molar-refractivity contribution in [3.8, 4) is 5.75 Å². The van der Waals surface area contributed by atoms with Gasteiger partial charge in [0.1, 0.15) is 5.75 Å². The Morgan fingerprint density at radius 3 is 2.64 bits per heavy atom. The second kappa shape index (κ2) is 8.72. The number of methoxy groups -OCH3 is 1. The van der Waals surface area contributed by atoms with Crippen molar-refractivity contribution >= 4 is 21.6 Å². The summed E-state index contributed by atoms with van der Waals surface area (Å²) in [6, 6.07) is 12.9. The summed E-state index contributed by atoms with van der Waals surface area (Å²) in [4.78, 5) is 12.6. The SMILES string of the molecule is COc1cccc(NC(=O)c2ccc(S(=O)(=O)N(C)CC3CCCO3)cc2)c1. The lowest BCUT2D eigenvalue weighted by molar-refractivity contribution is 0.0979.